The van der Waals surface area contributed by atoms with Crippen molar-refractivity contribution in [3.05, 3.63) is 74.7 Å². The summed E-state index contributed by atoms with van der Waals surface area (Å²) in [5, 5.41) is 29.6. The average molecular weight is 432 g/mol. The Hall–Kier alpha value is -4.26. The number of nitro groups is 1. The van der Waals surface area contributed by atoms with Crippen molar-refractivity contribution in [2.24, 2.45) is 0 Å². The predicted octanol–water partition coefficient (Wildman–Crippen LogP) is 1.55. The zero-order valence-corrected chi connectivity index (χ0v) is 15.6. The van der Waals surface area contributed by atoms with E-state index in [9.17, 15) is 33.2 Å². The molecule has 1 aromatic heterocycles. The van der Waals surface area contributed by atoms with Crippen LogP contribution in [0.15, 0.2) is 58.2 Å². The number of aromatic amines is 1. The zero-order chi connectivity index (χ0) is 22.1. The second-order valence-electron chi connectivity index (χ2n) is 5.82. The maximum absolute atomic E-state index is 12.7. The molecule has 0 saturated carbocycles. The SMILES string of the molecule is O=C(O)c1nc(-c2ccccc2NS(=O)(=O)c2cccc([N+](=O)[O-])c2)[nH]c(=O)c1O. The van der Waals surface area contributed by atoms with Crippen molar-refractivity contribution >= 4 is 27.4 Å². The lowest BCUT2D eigenvalue weighted by Crippen LogP contribution is -2.17. The van der Waals surface area contributed by atoms with E-state index in [2.05, 4.69) is 14.7 Å². The number of aromatic hydroxyl groups is 1. The van der Waals surface area contributed by atoms with Crippen molar-refractivity contribution in [3.63, 3.8) is 0 Å². The Kier molecular flexibility index (Phi) is 5.21. The van der Waals surface area contributed by atoms with Gasteiger partial charge in [0.2, 0.25) is 5.75 Å². The maximum atomic E-state index is 12.7. The molecular formula is C17H12N4O8S. The van der Waals surface area contributed by atoms with E-state index in [1.807, 2.05) is 0 Å². The van der Waals surface area contributed by atoms with Crippen molar-refractivity contribution in [2.45, 2.75) is 4.90 Å². The van der Waals surface area contributed by atoms with E-state index in [0.717, 1.165) is 18.2 Å². The summed E-state index contributed by atoms with van der Waals surface area (Å²) in [6.07, 6.45) is 0. The fourth-order valence-electron chi connectivity index (χ4n) is 2.49. The summed E-state index contributed by atoms with van der Waals surface area (Å²) < 4.78 is 27.6. The van der Waals surface area contributed by atoms with Gasteiger partial charge in [-0.05, 0) is 18.2 Å². The Balaban J connectivity index is 2.09. The van der Waals surface area contributed by atoms with Crippen LogP contribution in [0.5, 0.6) is 5.75 Å². The van der Waals surface area contributed by atoms with E-state index in [4.69, 9.17) is 5.11 Å². The van der Waals surface area contributed by atoms with Crippen LogP contribution in [0.1, 0.15) is 10.5 Å². The smallest absolute Gasteiger partial charge is 0.358 e. The van der Waals surface area contributed by atoms with Crippen LogP contribution < -0.4 is 10.3 Å². The number of anilines is 1. The van der Waals surface area contributed by atoms with Crippen molar-refractivity contribution in [3.8, 4) is 17.1 Å². The minimum atomic E-state index is -4.28. The van der Waals surface area contributed by atoms with Crippen LogP contribution in [0, 0.1) is 10.1 Å². The summed E-state index contributed by atoms with van der Waals surface area (Å²) >= 11 is 0. The monoisotopic (exact) mass is 432 g/mol. The van der Waals surface area contributed by atoms with E-state index < -0.39 is 43.6 Å². The third-order valence-electron chi connectivity index (χ3n) is 3.86. The van der Waals surface area contributed by atoms with Gasteiger partial charge < -0.3 is 15.2 Å². The molecule has 154 valence electrons. The molecule has 0 spiro atoms. The molecule has 0 saturated heterocycles. The highest BCUT2D eigenvalue weighted by molar-refractivity contribution is 7.92. The molecule has 3 rings (SSSR count). The number of aromatic carboxylic acids is 1. The van der Waals surface area contributed by atoms with Crippen molar-refractivity contribution < 1.29 is 28.3 Å². The third-order valence-corrected chi connectivity index (χ3v) is 5.23. The second-order valence-corrected chi connectivity index (χ2v) is 7.50. The van der Waals surface area contributed by atoms with Crippen molar-refractivity contribution in [1.29, 1.82) is 0 Å². The Morgan fingerprint density at radius 1 is 1.17 bits per heavy atom. The predicted molar refractivity (Wildman–Crippen MR) is 103 cm³/mol. The number of para-hydroxylation sites is 1. The molecule has 1 heterocycles. The lowest BCUT2D eigenvalue weighted by molar-refractivity contribution is -0.385. The largest absolute Gasteiger partial charge is 0.501 e. The molecule has 0 atom stereocenters. The molecular weight excluding hydrogens is 420 g/mol. The Bertz CT molecular complexity index is 1330. The standard InChI is InChI=1S/C17H12N4O8S/c22-14-13(17(24)25)18-15(19-16(14)23)11-6-1-2-7-12(11)20-30(28,29)10-5-3-4-9(8-10)21(26)27/h1-8,20,22H,(H,24,25)(H,18,19,23). The topological polar surface area (TPSA) is 193 Å². The van der Waals surface area contributed by atoms with Gasteiger partial charge in [0, 0.05) is 17.7 Å². The molecule has 30 heavy (non-hydrogen) atoms. The number of hydrogen-bond acceptors (Lipinski definition) is 8. The molecule has 0 amide bonds. The van der Waals surface area contributed by atoms with Crippen LogP contribution in [-0.4, -0.2) is 39.5 Å². The van der Waals surface area contributed by atoms with Gasteiger partial charge >= 0.3 is 5.97 Å². The number of rotatable bonds is 6. The highest BCUT2D eigenvalue weighted by atomic mass is 32.2. The summed E-state index contributed by atoms with van der Waals surface area (Å²) in [5.74, 6) is -3.07. The minimum Gasteiger partial charge on any atom is -0.501 e. The first-order valence-electron chi connectivity index (χ1n) is 8.03. The lowest BCUT2D eigenvalue weighted by atomic mass is 10.1. The van der Waals surface area contributed by atoms with Crippen LogP contribution in [0.25, 0.3) is 11.4 Å². The molecule has 0 aliphatic heterocycles. The molecule has 0 aliphatic rings. The first-order chi connectivity index (χ1) is 14.1. The number of nitrogens with zero attached hydrogens (tertiary/aromatic N) is 2. The summed E-state index contributed by atoms with van der Waals surface area (Å²) in [5.41, 5.74) is -2.55. The zero-order valence-electron chi connectivity index (χ0n) is 14.8. The number of aromatic nitrogens is 2. The van der Waals surface area contributed by atoms with E-state index >= 15 is 0 Å². The molecule has 0 radical (unpaired) electrons. The number of nitrogens with one attached hydrogen (secondary N) is 2. The highest BCUT2D eigenvalue weighted by Gasteiger charge is 2.22. The molecule has 4 N–H and O–H groups in total. The van der Waals surface area contributed by atoms with E-state index in [-0.39, 0.29) is 22.0 Å². The number of sulfonamides is 1. The molecule has 12 nitrogen and oxygen atoms in total. The van der Waals surface area contributed by atoms with Gasteiger partial charge in [0.15, 0.2) is 5.69 Å². The number of nitro benzene ring substituents is 1. The van der Waals surface area contributed by atoms with Gasteiger partial charge in [0.05, 0.1) is 15.5 Å². The van der Waals surface area contributed by atoms with Crippen LogP contribution in [0.3, 0.4) is 0 Å². The van der Waals surface area contributed by atoms with Gasteiger partial charge in [-0.25, -0.2) is 18.2 Å². The Morgan fingerprint density at radius 2 is 1.87 bits per heavy atom. The molecule has 2 aromatic carbocycles. The molecule has 13 heteroatoms. The average Bonchev–Trinajstić information content (AvgIpc) is 2.70. The number of non-ortho nitro benzene ring substituents is 1. The van der Waals surface area contributed by atoms with E-state index in [0.29, 0.717) is 0 Å². The number of H-pyrrole nitrogens is 1. The van der Waals surface area contributed by atoms with Crippen molar-refractivity contribution in [1.82, 2.24) is 9.97 Å². The second kappa shape index (κ2) is 7.63. The van der Waals surface area contributed by atoms with Gasteiger partial charge in [0.25, 0.3) is 21.3 Å². The molecule has 0 unspecified atom stereocenters. The van der Waals surface area contributed by atoms with E-state index in [1.54, 1.807) is 0 Å². The maximum Gasteiger partial charge on any atom is 0.358 e. The van der Waals surface area contributed by atoms with Gasteiger partial charge in [-0.1, -0.05) is 18.2 Å². The number of carbonyl (C=O) groups is 1. The number of hydrogen-bond donors (Lipinski definition) is 4. The van der Waals surface area contributed by atoms with Gasteiger partial charge in [-0.3, -0.25) is 19.6 Å². The van der Waals surface area contributed by atoms with Crippen molar-refractivity contribution in [2.75, 3.05) is 4.72 Å². The van der Waals surface area contributed by atoms with Gasteiger partial charge in [-0.15, -0.1) is 0 Å². The van der Waals surface area contributed by atoms with E-state index in [1.165, 1.54) is 30.3 Å². The minimum absolute atomic E-state index is 0.00565. The number of carboxylic acid groups (broad SMARTS) is 1. The van der Waals surface area contributed by atoms with Gasteiger partial charge in [-0.2, -0.15) is 0 Å². The summed E-state index contributed by atoms with van der Waals surface area (Å²) in [6, 6.07) is 9.97. The molecule has 0 aliphatic carbocycles. The highest BCUT2D eigenvalue weighted by Crippen LogP contribution is 2.28. The Morgan fingerprint density at radius 3 is 2.53 bits per heavy atom. The fourth-order valence-corrected chi connectivity index (χ4v) is 3.61. The van der Waals surface area contributed by atoms with Gasteiger partial charge in [0.1, 0.15) is 5.82 Å². The number of benzene rings is 2. The molecule has 3 aromatic rings. The summed E-state index contributed by atoms with van der Waals surface area (Å²) in [6.45, 7) is 0. The quantitative estimate of drug-likeness (QED) is 0.330. The molecule has 0 bridgehead atoms. The van der Waals surface area contributed by atoms with Crippen LogP contribution in [-0.2, 0) is 10.0 Å². The van der Waals surface area contributed by atoms with Crippen LogP contribution in [0.2, 0.25) is 0 Å². The first kappa shape index (κ1) is 20.5. The fraction of sp³-hybridized carbons (Fsp3) is 0. The first-order valence-corrected chi connectivity index (χ1v) is 9.51. The number of carboxylic acids is 1. The lowest BCUT2D eigenvalue weighted by Gasteiger charge is -2.12. The summed E-state index contributed by atoms with van der Waals surface area (Å²) in [7, 11) is -4.28. The van der Waals surface area contributed by atoms with Crippen LogP contribution >= 0.6 is 0 Å². The van der Waals surface area contributed by atoms with Crippen LogP contribution in [0.4, 0.5) is 11.4 Å². The Labute approximate surface area is 167 Å². The third kappa shape index (κ3) is 3.95. The summed E-state index contributed by atoms with van der Waals surface area (Å²) in [4.78, 5) is 38.7. The normalized spacial score (nSPS) is 11.1. The molecule has 0 fully saturated rings.